The summed E-state index contributed by atoms with van der Waals surface area (Å²) in [5.74, 6) is 1.15. The van der Waals surface area contributed by atoms with E-state index in [-0.39, 0.29) is 22.4 Å². The van der Waals surface area contributed by atoms with Crippen LogP contribution in [0.5, 0.6) is 11.5 Å². The Hall–Kier alpha value is -3.39. The van der Waals surface area contributed by atoms with Gasteiger partial charge in [0.2, 0.25) is 0 Å². The number of benzene rings is 3. The fraction of sp³-hybridized carbons (Fsp3) is 0.415. The minimum absolute atomic E-state index is 0.131. The molecule has 47 heavy (non-hydrogen) atoms. The molecule has 0 saturated heterocycles. The Kier molecular flexibility index (Phi) is 9.20. The average molecular weight is 744 g/mol. The van der Waals surface area contributed by atoms with Crippen molar-refractivity contribution in [2.75, 3.05) is 6.61 Å². The second kappa shape index (κ2) is 12.9. The molecular weight excluding hydrogens is 697 g/mol. The van der Waals surface area contributed by atoms with Crippen molar-refractivity contribution in [1.29, 1.82) is 0 Å². The molecule has 0 saturated carbocycles. The molecule has 5 nitrogen and oxygen atoms in total. The Morgan fingerprint density at radius 2 is 1.34 bits per heavy atom. The van der Waals surface area contributed by atoms with Crippen LogP contribution >= 0.6 is 22.6 Å². The number of halogens is 1. The number of allylic oxidation sites excluding steroid dienone is 4. The van der Waals surface area contributed by atoms with E-state index >= 15 is 0 Å². The van der Waals surface area contributed by atoms with Gasteiger partial charge >= 0.3 is 0 Å². The van der Waals surface area contributed by atoms with Gasteiger partial charge in [-0.05, 0) is 95.9 Å². The van der Waals surface area contributed by atoms with Crippen LogP contribution in [0, 0.1) is 28.2 Å². The molecule has 3 aromatic rings. The fourth-order valence-electron chi connectivity index (χ4n) is 7.80. The van der Waals surface area contributed by atoms with E-state index in [1.165, 1.54) is 11.1 Å². The number of carbonyl (C=O) groups is 2. The maximum Gasteiger partial charge on any atom is 0.174 e. The number of Topliss-reactive ketones (excluding diaryl/α,β-unsaturated/α-hetero) is 2. The van der Waals surface area contributed by atoms with Crippen LogP contribution in [-0.4, -0.2) is 23.1 Å². The van der Waals surface area contributed by atoms with Gasteiger partial charge in [-0.25, -0.2) is 0 Å². The maximum atomic E-state index is 14.3. The lowest BCUT2D eigenvalue weighted by molar-refractivity contribution is -0.119. The molecule has 0 amide bonds. The first-order chi connectivity index (χ1) is 22.2. The molecule has 0 N–H and O–H groups in total. The van der Waals surface area contributed by atoms with E-state index in [4.69, 9.17) is 9.47 Å². The van der Waals surface area contributed by atoms with Gasteiger partial charge in [-0.3, -0.25) is 9.59 Å². The van der Waals surface area contributed by atoms with Gasteiger partial charge in [0.15, 0.2) is 23.1 Å². The summed E-state index contributed by atoms with van der Waals surface area (Å²) in [4.78, 5) is 31.0. The summed E-state index contributed by atoms with van der Waals surface area (Å²) in [5.41, 5.74) is 8.88. The molecule has 3 aromatic carbocycles. The molecule has 0 spiro atoms. The fourth-order valence-corrected chi connectivity index (χ4v) is 8.58. The second-order valence-corrected chi connectivity index (χ2v) is 16.3. The summed E-state index contributed by atoms with van der Waals surface area (Å²) in [5, 5.41) is 0. The number of hydrogen-bond donors (Lipinski definition) is 0. The molecule has 6 rings (SSSR count). The third-order valence-electron chi connectivity index (χ3n) is 9.54. The highest BCUT2D eigenvalue weighted by Gasteiger charge is 2.49. The summed E-state index contributed by atoms with van der Waals surface area (Å²) in [6.45, 7) is 16.4. The topological polar surface area (TPSA) is 55.8 Å². The zero-order valence-corrected chi connectivity index (χ0v) is 30.9. The number of carbonyl (C=O) groups excluding carboxylic acids is 2. The Labute approximate surface area is 293 Å². The number of aryl methyl sites for hydroxylation is 2. The summed E-state index contributed by atoms with van der Waals surface area (Å²) in [6.07, 6.45) is 2.46. The maximum absolute atomic E-state index is 14.3. The highest BCUT2D eigenvalue weighted by atomic mass is 127. The molecule has 0 aromatic heterocycles. The van der Waals surface area contributed by atoms with E-state index in [9.17, 15) is 9.59 Å². The van der Waals surface area contributed by atoms with Gasteiger partial charge in [0.05, 0.1) is 10.2 Å². The summed E-state index contributed by atoms with van der Waals surface area (Å²) < 4.78 is 13.6. The lowest BCUT2D eigenvalue weighted by atomic mass is 9.63. The first kappa shape index (κ1) is 33.5. The predicted molar refractivity (Wildman–Crippen MR) is 195 cm³/mol. The monoisotopic (exact) mass is 743 g/mol. The Morgan fingerprint density at radius 3 is 1.89 bits per heavy atom. The zero-order valence-electron chi connectivity index (χ0n) is 28.8. The highest BCUT2D eigenvalue weighted by molar-refractivity contribution is 14.1. The molecule has 0 radical (unpaired) electrons. The number of ketones is 2. The molecular formula is C41H46INO4. The predicted octanol–water partition coefficient (Wildman–Crippen LogP) is 9.77. The number of hydrogen-bond acceptors (Lipinski definition) is 5. The summed E-state index contributed by atoms with van der Waals surface area (Å²) in [6, 6.07) is 21.0. The Balaban J connectivity index is 1.51. The van der Waals surface area contributed by atoms with Gasteiger partial charge in [-0.1, -0.05) is 87.4 Å². The van der Waals surface area contributed by atoms with E-state index < -0.39 is 5.92 Å². The first-order valence-corrected chi connectivity index (χ1v) is 17.8. The van der Waals surface area contributed by atoms with Gasteiger partial charge in [-0.2, -0.15) is 0 Å². The van der Waals surface area contributed by atoms with Crippen LogP contribution in [0.1, 0.15) is 94.0 Å². The minimum Gasteiger partial charge on any atom is -0.490 e. The van der Waals surface area contributed by atoms with Crippen LogP contribution in [0.25, 0.3) is 0 Å². The van der Waals surface area contributed by atoms with Crippen molar-refractivity contribution >= 4 is 34.2 Å². The van der Waals surface area contributed by atoms with Crippen LogP contribution in [0.3, 0.4) is 0 Å². The summed E-state index contributed by atoms with van der Waals surface area (Å²) in [7, 11) is 0. The first-order valence-electron chi connectivity index (χ1n) is 16.8. The third kappa shape index (κ3) is 6.94. The van der Waals surface area contributed by atoms with Crippen molar-refractivity contribution in [2.24, 2.45) is 10.8 Å². The quantitative estimate of drug-likeness (QED) is 0.215. The number of nitrogens with zero attached hydrogens (tertiary/aromatic N) is 1. The molecule has 0 unspecified atom stereocenters. The molecule has 6 heteroatoms. The normalized spacial score (nSPS) is 19.1. The van der Waals surface area contributed by atoms with Crippen molar-refractivity contribution in [1.82, 2.24) is 4.90 Å². The van der Waals surface area contributed by atoms with E-state index in [0.29, 0.717) is 44.1 Å². The van der Waals surface area contributed by atoms with E-state index in [1.54, 1.807) is 0 Å². The molecule has 3 aliphatic rings. The van der Waals surface area contributed by atoms with Crippen molar-refractivity contribution in [2.45, 2.75) is 93.2 Å². The standard InChI is InChI=1S/C41H46INO4/c1-8-46-35-18-29(17-30(42)39(35)47-24-28-15-25(2)14-26(3)16-28)36-37-31(19-40(4,5)21-33(37)44)43(23-27-12-10-9-11-13-27)32-20-41(6,7)22-34(45)38(32)36/h9-18,36H,8,19-24H2,1-7H3. The SMILES string of the molecule is CCOc1cc(C2C3=C(CC(C)(C)CC3=O)N(Cc3ccccc3)C3=C2C(=O)CC(C)(C)C3)cc(I)c1OCc1cc(C)cc(C)c1. The second-order valence-electron chi connectivity index (χ2n) is 15.2. The van der Waals surface area contributed by atoms with Crippen LogP contribution in [0.2, 0.25) is 0 Å². The van der Waals surface area contributed by atoms with E-state index in [2.05, 4.69) is 118 Å². The highest BCUT2D eigenvalue weighted by Crippen LogP contribution is 2.55. The molecule has 1 heterocycles. The largest absolute Gasteiger partial charge is 0.490 e. The molecule has 246 valence electrons. The molecule has 0 atom stereocenters. The van der Waals surface area contributed by atoms with Crippen molar-refractivity contribution in [3.63, 3.8) is 0 Å². The lowest BCUT2D eigenvalue weighted by Crippen LogP contribution is -2.44. The van der Waals surface area contributed by atoms with Crippen LogP contribution in [0.15, 0.2) is 83.2 Å². The van der Waals surface area contributed by atoms with Crippen LogP contribution in [-0.2, 0) is 22.7 Å². The van der Waals surface area contributed by atoms with Crippen molar-refractivity contribution in [3.8, 4) is 11.5 Å². The van der Waals surface area contributed by atoms with Gasteiger partial charge in [0.25, 0.3) is 0 Å². The Morgan fingerprint density at radius 1 is 0.766 bits per heavy atom. The number of ether oxygens (including phenoxy) is 2. The van der Waals surface area contributed by atoms with Crippen molar-refractivity contribution < 1.29 is 19.1 Å². The molecule has 0 bridgehead atoms. The van der Waals surface area contributed by atoms with Crippen LogP contribution in [0.4, 0.5) is 0 Å². The molecule has 0 fully saturated rings. The van der Waals surface area contributed by atoms with E-state index in [0.717, 1.165) is 55.6 Å². The van der Waals surface area contributed by atoms with Gasteiger partial charge in [-0.15, -0.1) is 0 Å². The van der Waals surface area contributed by atoms with Crippen molar-refractivity contribution in [3.05, 3.63) is 115 Å². The number of rotatable bonds is 8. The summed E-state index contributed by atoms with van der Waals surface area (Å²) >= 11 is 2.32. The Bertz CT molecular complexity index is 1730. The smallest absolute Gasteiger partial charge is 0.174 e. The van der Waals surface area contributed by atoms with Gasteiger partial charge in [0.1, 0.15) is 6.61 Å². The molecule has 1 aliphatic heterocycles. The lowest BCUT2D eigenvalue weighted by Gasteiger charge is -2.49. The third-order valence-corrected chi connectivity index (χ3v) is 10.3. The van der Waals surface area contributed by atoms with E-state index in [1.807, 2.05) is 19.1 Å². The van der Waals surface area contributed by atoms with Gasteiger partial charge < -0.3 is 14.4 Å². The minimum atomic E-state index is -0.444. The van der Waals surface area contributed by atoms with Gasteiger partial charge in [0, 0.05) is 47.8 Å². The van der Waals surface area contributed by atoms with Crippen LogP contribution < -0.4 is 9.47 Å². The molecule has 2 aliphatic carbocycles. The average Bonchev–Trinajstić information content (AvgIpc) is 2.96. The zero-order chi connectivity index (χ0) is 33.7.